The topological polar surface area (TPSA) is 121 Å². The molecule has 0 aliphatic carbocycles. The summed E-state index contributed by atoms with van der Waals surface area (Å²) in [5, 5.41) is 15.1. The number of benzene rings is 3. The predicted octanol–water partition coefficient (Wildman–Crippen LogP) is 3.90. The molecule has 2 amide bonds. The maximum Gasteiger partial charge on any atom is 0.247 e. The maximum absolute atomic E-state index is 14.3. The van der Waals surface area contributed by atoms with Crippen LogP contribution in [0.4, 0.5) is 4.39 Å². The van der Waals surface area contributed by atoms with Crippen LogP contribution in [0.1, 0.15) is 37.9 Å². The van der Waals surface area contributed by atoms with Gasteiger partial charge >= 0.3 is 0 Å². The lowest BCUT2D eigenvalue weighted by molar-refractivity contribution is -0.143. The molecule has 3 aromatic carbocycles. The molecule has 12 heteroatoms. The van der Waals surface area contributed by atoms with Crippen LogP contribution in [0.5, 0.6) is 17.2 Å². The fraction of sp³-hybridized carbons (Fsp3) is 0.300. The van der Waals surface area contributed by atoms with E-state index in [0.29, 0.717) is 28.4 Å². The van der Waals surface area contributed by atoms with Crippen LogP contribution < -0.4 is 19.5 Å². The molecule has 0 saturated heterocycles. The molecule has 0 spiro atoms. The van der Waals surface area contributed by atoms with E-state index in [2.05, 4.69) is 20.7 Å². The number of tetrazole rings is 1. The van der Waals surface area contributed by atoms with Gasteiger partial charge in [-0.15, -0.1) is 10.2 Å². The minimum atomic E-state index is -1.03. The Hall–Kier alpha value is -5.00. The monoisotopic (exact) mass is 574 g/mol. The number of hydrogen-bond donors (Lipinski definition) is 1. The zero-order valence-corrected chi connectivity index (χ0v) is 23.7. The molecule has 0 bridgehead atoms. The molecule has 1 atom stereocenters. The summed E-state index contributed by atoms with van der Waals surface area (Å²) in [4.78, 5) is 30.4. The first-order valence-corrected chi connectivity index (χ1v) is 13.3. The third-order valence-corrected chi connectivity index (χ3v) is 6.44. The Balaban J connectivity index is 1.51. The van der Waals surface area contributed by atoms with Crippen molar-refractivity contribution >= 4 is 11.8 Å². The van der Waals surface area contributed by atoms with E-state index >= 15 is 0 Å². The second kappa shape index (κ2) is 11.9. The molecule has 1 aromatic heterocycles. The van der Waals surface area contributed by atoms with E-state index in [1.165, 1.54) is 17.0 Å². The van der Waals surface area contributed by atoms with Gasteiger partial charge in [0.05, 0.1) is 12.7 Å². The number of halogens is 1. The van der Waals surface area contributed by atoms with Crippen molar-refractivity contribution in [2.45, 2.75) is 45.4 Å². The van der Waals surface area contributed by atoms with Crippen LogP contribution in [0.2, 0.25) is 0 Å². The van der Waals surface area contributed by atoms with Crippen LogP contribution in [-0.2, 0) is 22.7 Å². The van der Waals surface area contributed by atoms with Gasteiger partial charge in [-0.25, -0.2) is 4.39 Å². The molecule has 42 heavy (non-hydrogen) atoms. The number of methoxy groups -OCH3 is 1. The Morgan fingerprint density at radius 3 is 2.52 bits per heavy atom. The van der Waals surface area contributed by atoms with Gasteiger partial charge in [-0.2, -0.15) is 4.80 Å². The highest BCUT2D eigenvalue weighted by molar-refractivity contribution is 5.89. The van der Waals surface area contributed by atoms with Crippen LogP contribution in [0.3, 0.4) is 0 Å². The summed E-state index contributed by atoms with van der Waals surface area (Å²) in [5.41, 5.74) is 0.879. The molecule has 0 saturated carbocycles. The molecule has 11 nitrogen and oxygen atoms in total. The zero-order valence-electron chi connectivity index (χ0n) is 23.7. The minimum Gasteiger partial charge on any atom is -0.497 e. The number of nitrogens with zero attached hydrogens (tertiary/aromatic N) is 5. The Labute approximate surface area is 242 Å². The Morgan fingerprint density at radius 2 is 1.81 bits per heavy atom. The van der Waals surface area contributed by atoms with Crippen molar-refractivity contribution in [3.63, 3.8) is 0 Å². The van der Waals surface area contributed by atoms with Gasteiger partial charge in [-0.3, -0.25) is 9.59 Å². The second-order valence-corrected chi connectivity index (χ2v) is 10.7. The Kier molecular flexibility index (Phi) is 8.05. The summed E-state index contributed by atoms with van der Waals surface area (Å²) in [7, 11) is 1.55. The lowest BCUT2D eigenvalue weighted by Gasteiger charge is -2.34. The van der Waals surface area contributed by atoms with E-state index in [1.807, 2.05) is 26.8 Å². The van der Waals surface area contributed by atoms with Crippen LogP contribution in [0.15, 0.2) is 66.7 Å². The first-order valence-electron chi connectivity index (χ1n) is 13.3. The zero-order chi connectivity index (χ0) is 29.9. The van der Waals surface area contributed by atoms with E-state index in [1.54, 1.807) is 55.6 Å². The normalized spacial score (nSPS) is 13.0. The van der Waals surface area contributed by atoms with Gasteiger partial charge in [0.1, 0.15) is 24.2 Å². The van der Waals surface area contributed by atoms with Crippen molar-refractivity contribution in [3.8, 4) is 28.6 Å². The largest absolute Gasteiger partial charge is 0.497 e. The second-order valence-electron chi connectivity index (χ2n) is 10.7. The van der Waals surface area contributed by atoms with Crippen LogP contribution in [-0.4, -0.2) is 56.4 Å². The molecule has 218 valence electrons. The van der Waals surface area contributed by atoms with E-state index in [0.717, 1.165) is 4.80 Å². The summed E-state index contributed by atoms with van der Waals surface area (Å²) >= 11 is 0. The molecule has 1 aliphatic heterocycles. The van der Waals surface area contributed by atoms with Crippen molar-refractivity contribution in [3.05, 3.63) is 83.7 Å². The highest BCUT2D eigenvalue weighted by Crippen LogP contribution is 2.34. The highest BCUT2D eigenvalue weighted by Gasteiger charge is 2.34. The van der Waals surface area contributed by atoms with E-state index in [4.69, 9.17) is 14.2 Å². The summed E-state index contributed by atoms with van der Waals surface area (Å²) < 4.78 is 30.6. The molecule has 0 fully saturated rings. The van der Waals surface area contributed by atoms with Crippen LogP contribution in [0, 0.1) is 5.82 Å². The number of fused-ring (bicyclic) bond motifs is 1. The van der Waals surface area contributed by atoms with Crippen molar-refractivity contribution in [2.24, 2.45) is 0 Å². The molecular formula is C30H31FN6O5. The minimum absolute atomic E-state index is 0.0420. The molecule has 5 rings (SSSR count). The van der Waals surface area contributed by atoms with Gasteiger partial charge in [0.25, 0.3) is 0 Å². The molecule has 1 aliphatic rings. The summed E-state index contributed by atoms with van der Waals surface area (Å²) in [6.45, 7) is 5.41. The molecular weight excluding hydrogens is 543 g/mol. The SMILES string of the molecule is COc1ccc([C@H](C(=O)NC(C)(C)C)N(Cc2ccc3c(c2)OCO3)C(=O)Cn2nnc(-c3ccccc3F)n2)cc1. The number of hydrogen-bond acceptors (Lipinski definition) is 8. The quantitative estimate of drug-likeness (QED) is 0.320. The van der Waals surface area contributed by atoms with E-state index in [9.17, 15) is 14.0 Å². The Bertz CT molecular complexity index is 1580. The van der Waals surface area contributed by atoms with Crippen molar-refractivity contribution in [1.82, 2.24) is 30.4 Å². The van der Waals surface area contributed by atoms with Crippen molar-refractivity contribution < 1.29 is 28.2 Å². The molecule has 0 radical (unpaired) electrons. The van der Waals surface area contributed by atoms with Gasteiger partial charge in [0.15, 0.2) is 11.5 Å². The summed E-state index contributed by atoms with van der Waals surface area (Å²) in [6.07, 6.45) is 0. The number of carbonyl (C=O) groups is 2. The van der Waals surface area contributed by atoms with Gasteiger partial charge < -0.3 is 24.4 Å². The van der Waals surface area contributed by atoms with Crippen molar-refractivity contribution in [2.75, 3.05) is 13.9 Å². The molecule has 1 N–H and O–H groups in total. The molecule has 4 aromatic rings. The standard InChI is InChI=1S/C30H31FN6O5/c1-30(2,3)32-29(39)27(20-10-12-21(40-4)13-11-20)36(16-19-9-14-24-25(15-19)42-18-41-24)26(38)17-37-34-28(33-35-37)22-7-5-6-8-23(22)31/h5-15,27H,16-18H2,1-4H3,(H,32,39)/t27-/m1/s1. The Morgan fingerprint density at radius 1 is 1.07 bits per heavy atom. The fourth-order valence-corrected chi connectivity index (χ4v) is 4.53. The molecule has 2 heterocycles. The van der Waals surface area contributed by atoms with Gasteiger partial charge in [-0.1, -0.05) is 30.3 Å². The number of nitrogens with one attached hydrogen (secondary N) is 1. The van der Waals surface area contributed by atoms with Gasteiger partial charge in [-0.05, 0) is 73.5 Å². The number of carbonyl (C=O) groups excluding carboxylic acids is 2. The van der Waals surface area contributed by atoms with Crippen molar-refractivity contribution in [1.29, 1.82) is 0 Å². The van der Waals surface area contributed by atoms with Crippen LogP contribution >= 0.6 is 0 Å². The lowest BCUT2D eigenvalue weighted by Crippen LogP contribution is -2.49. The lowest BCUT2D eigenvalue weighted by atomic mass is 10.0. The third-order valence-electron chi connectivity index (χ3n) is 6.44. The smallest absolute Gasteiger partial charge is 0.247 e. The van der Waals surface area contributed by atoms with E-state index in [-0.39, 0.29) is 37.2 Å². The number of ether oxygens (including phenoxy) is 3. The maximum atomic E-state index is 14.3. The van der Waals surface area contributed by atoms with Gasteiger partial charge in [0, 0.05) is 12.1 Å². The fourth-order valence-electron chi connectivity index (χ4n) is 4.53. The first-order chi connectivity index (χ1) is 20.1. The average Bonchev–Trinajstić information content (AvgIpc) is 3.61. The molecule has 0 unspecified atom stereocenters. The third kappa shape index (κ3) is 6.48. The average molecular weight is 575 g/mol. The van der Waals surface area contributed by atoms with Crippen LogP contribution in [0.25, 0.3) is 11.4 Å². The highest BCUT2D eigenvalue weighted by atomic mass is 19.1. The predicted molar refractivity (Wildman–Crippen MR) is 150 cm³/mol. The number of rotatable bonds is 9. The number of aromatic nitrogens is 4. The van der Waals surface area contributed by atoms with Gasteiger partial charge in [0.2, 0.25) is 24.4 Å². The summed E-state index contributed by atoms with van der Waals surface area (Å²) in [5.74, 6) is 0.450. The first kappa shape index (κ1) is 28.5. The number of amides is 2. The van der Waals surface area contributed by atoms with E-state index < -0.39 is 23.3 Å². The summed E-state index contributed by atoms with van der Waals surface area (Å²) in [6, 6.07) is 17.3.